The lowest BCUT2D eigenvalue weighted by Gasteiger charge is -2.30. The minimum atomic E-state index is -0.115. The molecule has 0 aromatic heterocycles. The van der Waals surface area contributed by atoms with Crippen LogP contribution in [0.2, 0.25) is 0 Å². The van der Waals surface area contributed by atoms with Gasteiger partial charge < -0.3 is 20.4 Å². The van der Waals surface area contributed by atoms with Crippen LogP contribution in [-0.4, -0.2) is 51.1 Å². The van der Waals surface area contributed by atoms with Crippen molar-refractivity contribution >= 4 is 23.2 Å². The second kappa shape index (κ2) is 5.50. The molecule has 0 atom stereocenters. The normalized spacial score (nSPS) is 20.0. The zero-order chi connectivity index (χ0) is 13.9. The van der Waals surface area contributed by atoms with Gasteiger partial charge in [-0.2, -0.15) is 0 Å². The average Bonchev–Trinajstić information content (AvgIpc) is 2.51. The van der Waals surface area contributed by atoms with Gasteiger partial charge in [0.1, 0.15) is 6.54 Å². The molecule has 0 unspecified atom stereocenters. The SMILES string of the molecule is O=C1CN(c2ccc(N3CCNCC3)cc2)C(=O)CN1. The molecule has 0 spiro atoms. The molecule has 2 amide bonds. The van der Waals surface area contributed by atoms with Crippen LogP contribution in [0.3, 0.4) is 0 Å². The molecule has 20 heavy (non-hydrogen) atoms. The van der Waals surface area contributed by atoms with Gasteiger partial charge in [-0.05, 0) is 24.3 Å². The topological polar surface area (TPSA) is 64.7 Å². The molecule has 6 nitrogen and oxygen atoms in total. The van der Waals surface area contributed by atoms with Crippen molar-refractivity contribution < 1.29 is 9.59 Å². The van der Waals surface area contributed by atoms with E-state index in [1.807, 2.05) is 24.3 Å². The van der Waals surface area contributed by atoms with Crippen molar-refractivity contribution in [2.24, 2.45) is 0 Å². The number of benzene rings is 1. The highest BCUT2D eigenvalue weighted by Gasteiger charge is 2.24. The Labute approximate surface area is 117 Å². The Morgan fingerprint density at radius 3 is 2.30 bits per heavy atom. The molecule has 1 aromatic carbocycles. The third kappa shape index (κ3) is 2.60. The monoisotopic (exact) mass is 274 g/mol. The number of carbonyl (C=O) groups excluding carboxylic acids is 2. The number of hydrogen-bond acceptors (Lipinski definition) is 4. The number of rotatable bonds is 2. The number of nitrogens with one attached hydrogen (secondary N) is 2. The Hall–Kier alpha value is -2.08. The highest BCUT2D eigenvalue weighted by Crippen LogP contribution is 2.21. The van der Waals surface area contributed by atoms with E-state index in [1.54, 1.807) is 0 Å². The van der Waals surface area contributed by atoms with E-state index < -0.39 is 0 Å². The largest absolute Gasteiger partial charge is 0.369 e. The average molecular weight is 274 g/mol. The van der Waals surface area contributed by atoms with Gasteiger partial charge in [0, 0.05) is 37.6 Å². The van der Waals surface area contributed by atoms with E-state index in [4.69, 9.17) is 0 Å². The first-order valence-electron chi connectivity index (χ1n) is 6.87. The van der Waals surface area contributed by atoms with Gasteiger partial charge in [0.05, 0.1) is 6.54 Å². The van der Waals surface area contributed by atoms with Gasteiger partial charge in [-0.25, -0.2) is 0 Å². The van der Waals surface area contributed by atoms with Crippen molar-refractivity contribution in [3.63, 3.8) is 0 Å². The summed E-state index contributed by atoms with van der Waals surface area (Å²) in [6, 6.07) is 7.85. The van der Waals surface area contributed by atoms with Crippen LogP contribution < -0.4 is 20.4 Å². The Morgan fingerprint density at radius 1 is 0.950 bits per heavy atom. The molecular formula is C14H18N4O2. The molecular weight excluding hydrogens is 256 g/mol. The predicted octanol–water partition coefficient (Wildman–Crippen LogP) is -0.441. The van der Waals surface area contributed by atoms with Gasteiger partial charge in [0.2, 0.25) is 11.8 Å². The summed E-state index contributed by atoms with van der Waals surface area (Å²) in [5.74, 6) is -0.185. The molecule has 0 radical (unpaired) electrons. The van der Waals surface area contributed by atoms with Crippen LogP contribution in [0.15, 0.2) is 24.3 Å². The fourth-order valence-electron chi connectivity index (χ4n) is 2.56. The quantitative estimate of drug-likeness (QED) is 0.767. The minimum absolute atomic E-state index is 0.0699. The number of carbonyl (C=O) groups is 2. The zero-order valence-electron chi connectivity index (χ0n) is 11.3. The predicted molar refractivity (Wildman–Crippen MR) is 76.9 cm³/mol. The van der Waals surface area contributed by atoms with Crippen molar-refractivity contribution in [1.29, 1.82) is 0 Å². The zero-order valence-corrected chi connectivity index (χ0v) is 11.3. The smallest absolute Gasteiger partial charge is 0.246 e. The number of hydrogen-bond donors (Lipinski definition) is 2. The number of piperazine rings is 2. The van der Waals surface area contributed by atoms with Crippen LogP contribution in [0.4, 0.5) is 11.4 Å². The standard InChI is InChI=1S/C14H18N4O2/c19-13-10-18(14(20)9-16-13)12-3-1-11(2-4-12)17-7-5-15-6-8-17/h1-4,15H,5-10H2,(H,16,19). The van der Waals surface area contributed by atoms with E-state index in [2.05, 4.69) is 15.5 Å². The van der Waals surface area contributed by atoms with Gasteiger partial charge in [-0.15, -0.1) is 0 Å². The van der Waals surface area contributed by atoms with Crippen LogP contribution in [0, 0.1) is 0 Å². The third-order valence-electron chi connectivity index (χ3n) is 3.68. The van der Waals surface area contributed by atoms with Crippen molar-refractivity contribution in [2.45, 2.75) is 0 Å². The maximum absolute atomic E-state index is 11.8. The molecule has 2 N–H and O–H groups in total. The van der Waals surface area contributed by atoms with Gasteiger partial charge in [-0.3, -0.25) is 9.59 Å². The molecule has 0 saturated carbocycles. The summed E-state index contributed by atoms with van der Waals surface area (Å²) in [6.45, 7) is 4.15. The van der Waals surface area contributed by atoms with Crippen LogP contribution >= 0.6 is 0 Å². The van der Waals surface area contributed by atoms with Crippen molar-refractivity contribution in [1.82, 2.24) is 10.6 Å². The van der Waals surface area contributed by atoms with E-state index in [0.717, 1.165) is 37.6 Å². The Bertz CT molecular complexity index is 508. The first-order chi connectivity index (χ1) is 9.74. The summed E-state index contributed by atoms with van der Waals surface area (Å²) in [6.07, 6.45) is 0. The molecule has 2 aliphatic heterocycles. The molecule has 2 aliphatic rings. The first kappa shape index (κ1) is 12.9. The maximum atomic E-state index is 11.8. The fourth-order valence-corrected chi connectivity index (χ4v) is 2.56. The first-order valence-corrected chi connectivity index (χ1v) is 6.87. The molecule has 0 aliphatic carbocycles. The molecule has 3 rings (SSSR count). The van der Waals surface area contributed by atoms with Gasteiger partial charge >= 0.3 is 0 Å². The molecule has 2 fully saturated rings. The molecule has 1 aromatic rings. The van der Waals surface area contributed by atoms with E-state index >= 15 is 0 Å². The van der Waals surface area contributed by atoms with Gasteiger partial charge in [0.15, 0.2) is 0 Å². The number of amides is 2. The van der Waals surface area contributed by atoms with Crippen LogP contribution in [-0.2, 0) is 9.59 Å². The summed E-state index contributed by atoms with van der Waals surface area (Å²) in [5.41, 5.74) is 1.94. The van der Waals surface area contributed by atoms with Crippen molar-refractivity contribution in [3.8, 4) is 0 Å². The number of anilines is 2. The lowest BCUT2D eigenvalue weighted by atomic mass is 10.2. The van der Waals surface area contributed by atoms with Gasteiger partial charge in [0.25, 0.3) is 0 Å². The Kier molecular flexibility index (Phi) is 3.56. The van der Waals surface area contributed by atoms with Crippen molar-refractivity contribution in [3.05, 3.63) is 24.3 Å². The van der Waals surface area contributed by atoms with E-state index in [9.17, 15) is 9.59 Å². The van der Waals surface area contributed by atoms with E-state index in [-0.39, 0.29) is 24.9 Å². The highest BCUT2D eigenvalue weighted by molar-refractivity contribution is 6.04. The Morgan fingerprint density at radius 2 is 1.60 bits per heavy atom. The summed E-state index contributed by atoms with van der Waals surface area (Å²) < 4.78 is 0. The lowest BCUT2D eigenvalue weighted by Crippen LogP contribution is -2.51. The second-order valence-corrected chi connectivity index (χ2v) is 5.01. The molecule has 0 bridgehead atoms. The summed E-state index contributed by atoms with van der Waals surface area (Å²) in [7, 11) is 0. The number of nitrogens with zero attached hydrogens (tertiary/aromatic N) is 2. The minimum Gasteiger partial charge on any atom is -0.369 e. The van der Waals surface area contributed by atoms with E-state index in [0.29, 0.717) is 0 Å². The van der Waals surface area contributed by atoms with Gasteiger partial charge in [-0.1, -0.05) is 0 Å². The maximum Gasteiger partial charge on any atom is 0.246 e. The molecule has 6 heteroatoms. The van der Waals surface area contributed by atoms with Crippen molar-refractivity contribution in [2.75, 3.05) is 49.1 Å². The van der Waals surface area contributed by atoms with E-state index in [1.165, 1.54) is 4.90 Å². The molecule has 106 valence electrons. The molecule has 2 saturated heterocycles. The third-order valence-corrected chi connectivity index (χ3v) is 3.68. The Balaban J connectivity index is 1.74. The summed E-state index contributed by atoms with van der Waals surface area (Å²) >= 11 is 0. The fraction of sp³-hybridized carbons (Fsp3) is 0.429. The molecule has 2 heterocycles. The second-order valence-electron chi connectivity index (χ2n) is 5.01. The highest BCUT2D eigenvalue weighted by atomic mass is 16.2. The van der Waals surface area contributed by atoms with Crippen LogP contribution in [0.25, 0.3) is 0 Å². The lowest BCUT2D eigenvalue weighted by molar-refractivity contribution is -0.128. The summed E-state index contributed by atoms with van der Waals surface area (Å²) in [5, 5.41) is 5.87. The summed E-state index contributed by atoms with van der Waals surface area (Å²) in [4.78, 5) is 27.0. The van der Waals surface area contributed by atoms with Crippen LogP contribution in [0.1, 0.15) is 0 Å². The van der Waals surface area contributed by atoms with Crippen LogP contribution in [0.5, 0.6) is 0 Å².